The zero-order valence-corrected chi connectivity index (χ0v) is 13.7. The fourth-order valence-electron chi connectivity index (χ4n) is 2.43. The van der Waals surface area contributed by atoms with E-state index in [1.54, 1.807) is 11.3 Å². The third kappa shape index (κ3) is 3.34. The molecule has 21 heavy (non-hydrogen) atoms. The van der Waals surface area contributed by atoms with E-state index in [0.717, 1.165) is 30.4 Å². The molecule has 3 nitrogen and oxygen atoms in total. The van der Waals surface area contributed by atoms with Gasteiger partial charge in [0.1, 0.15) is 11.1 Å². The van der Waals surface area contributed by atoms with Crippen molar-refractivity contribution >= 4 is 11.3 Å². The van der Waals surface area contributed by atoms with Crippen molar-refractivity contribution in [3.8, 4) is 11.3 Å². The van der Waals surface area contributed by atoms with Gasteiger partial charge in [0.05, 0.1) is 12.3 Å². The fraction of sp³-hybridized carbons (Fsp3) is 0.471. The first-order valence-corrected chi connectivity index (χ1v) is 8.31. The van der Waals surface area contributed by atoms with Gasteiger partial charge in [-0.1, -0.05) is 45.0 Å². The van der Waals surface area contributed by atoms with Crippen LogP contribution in [0.3, 0.4) is 0 Å². The molecule has 1 atom stereocenters. The fourth-order valence-corrected chi connectivity index (χ4v) is 3.31. The molecule has 1 saturated heterocycles. The number of hydrogen-bond acceptors (Lipinski definition) is 4. The van der Waals surface area contributed by atoms with E-state index in [9.17, 15) is 0 Å². The number of nitrogens with one attached hydrogen (secondary N) is 1. The highest BCUT2D eigenvalue weighted by Gasteiger charge is 2.19. The average Bonchev–Trinajstić information content (AvgIpc) is 2.97. The predicted octanol–water partition coefficient (Wildman–Crippen LogP) is 3.77. The van der Waals surface area contributed by atoms with Crippen LogP contribution in [0.4, 0.5) is 0 Å². The number of nitrogens with zero attached hydrogens (tertiary/aromatic N) is 1. The predicted molar refractivity (Wildman–Crippen MR) is 87.8 cm³/mol. The summed E-state index contributed by atoms with van der Waals surface area (Å²) in [6.45, 7) is 9.25. The topological polar surface area (TPSA) is 34.1 Å². The minimum atomic E-state index is 0.103. The summed E-state index contributed by atoms with van der Waals surface area (Å²) in [5.74, 6) is 0. The highest BCUT2D eigenvalue weighted by molar-refractivity contribution is 7.10. The molecule has 1 unspecified atom stereocenters. The Bertz CT molecular complexity index is 592. The molecule has 1 aromatic carbocycles. The van der Waals surface area contributed by atoms with Gasteiger partial charge in [-0.15, -0.1) is 11.3 Å². The van der Waals surface area contributed by atoms with Gasteiger partial charge in [0, 0.05) is 24.0 Å². The Kier molecular flexibility index (Phi) is 4.11. The Morgan fingerprint density at radius 1 is 1.24 bits per heavy atom. The molecule has 1 N–H and O–H groups in total. The smallest absolute Gasteiger partial charge is 0.124 e. The molecule has 2 aromatic rings. The highest BCUT2D eigenvalue weighted by Crippen LogP contribution is 2.29. The van der Waals surface area contributed by atoms with Crippen molar-refractivity contribution < 1.29 is 4.74 Å². The lowest BCUT2D eigenvalue weighted by Crippen LogP contribution is -2.33. The molecular weight excluding hydrogens is 280 g/mol. The maximum atomic E-state index is 5.76. The van der Waals surface area contributed by atoms with Crippen molar-refractivity contribution in [3.05, 3.63) is 40.2 Å². The molecule has 3 rings (SSSR count). The summed E-state index contributed by atoms with van der Waals surface area (Å²) in [5, 5.41) is 6.54. The van der Waals surface area contributed by atoms with E-state index >= 15 is 0 Å². The van der Waals surface area contributed by atoms with Crippen LogP contribution < -0.4 is 5.32 Å². The molecule has 2 heterocycles. The summed E-state index contributed by atoms with van der Waals surface area (Å²) in [6.07, 6.45) is 0.103. The average molecular weight is 302 g/mol. The third-order valence-corrected chi connectivity index (χ3v) is 4.71. The van der Waals surface area contributed by atoms with Crippen LogP contribution >= 0.6 is 11.3 Å². The number of aromatic nitrogens is 1. The van der Waals surface area contributed by atoms with Crippen molar-refractivity contribution in [2.75, 3.05) is 19.7 Å². The van der Waals surface area contributed by atoms with E-state index in [1.807, 2.05) is 0 Å². The van der Waals surface area contributed by atoms with Gasteiger partial charge in [-0.2, -0.15) is 0 Å². The molecule has 0 amide bonds. The van der Waals surface area contributed by atoms with Gasteiger partial charge in [-0.05, 0) is 11.0 Å². The minimum absolute atomic E-state index is 0.103. The standard InChI is InChI=1S/C17H22N2OS/c1-17(2,3)13-6-4-12(5-7-13)14-11-21-16(19-14)15-10-18-8-9-20-15/h4-7,11,15,18H,8-10H2,1-3H3. The molecule has 1 fully saturated rings. The lowest BCUT2D eigenvalue weighted by Gasteiger charge is -2.21. The van der Waals surface area contributed by atoms with Crippen LogP contribution in [0.2, 0.25) is 0 Å². The van der Waals surface area contributed by atoms with Gasteiger partial charge in [-0.3, -0.25) is 0 Å². The van der Waals surface area contributed by atoms with Gasteiger partial charge in [0.15, 0.2) is 0 Å². The number of benzene rings is 1. The van der Waals surface area contributed by atoms with Crippen molar-refractivity contribution in [2.45, 2.75) is 32.3 Å². The summed E-state index contributed by atoms with van der Waals surface area (Å²) in [4.78, 5) is 4.75. The van der Waals surface area contributed by atoms with Gasteiger partial charge in [0.2, 0.25) is 0 Å². The molecule has 0 radical (unpaired) electrons. The normalized spacial score (nSPS) is 19.7. The maximum Gasteiger partial charge on any atom is 0.124 e. The largest absolute Gasteiger partial charge is 0.368 e. The van der Waals surface area contributed by atoms with Crippen molar-refractivity contribution in [3.63, 3.8) is 0 Å². The van der Waals surface area contributed by atoms with Crippen LogP contribution in [0.5, 0.6) is 0 Å². The van der Waals surface area contributed by atoms with E-state index in [1.165, 1.54) is 11.1 Å². The van der Waals surface area contributed by atoms with Crippen LogP contribution in [-0.2, 0) is 10.2 Å². The van der Waals surface area contributed by atoms with Gasteiger partial charge >= 0.3 is 0 Å². The molecule has 1 aliphatic rings. The molecule has 112 valence electrons. The molecule has 0 bridgehead atoms. The highest BCUT2D eigenvalue weighted by atomic mass is 32.1. The Hall–Kier alpha value is -1.23. The summed E-state index contributed by atoms with van der Waals surface area (Å²) >= 11 is 1.68. The lowest BCUT2D eigenvalue weighted by atomic mass is 9.86. The van der Waals surface area contributed by atoms with Gasteiger partial charge < -0.3 is 10.1 Å². The van der Waals surface area contributed by atoms with Gasteiger partial charge in [0.25, 0.3) is 0 Å². The van der Waals surface area contributed by atoms with Crippen molar-refractivity contribution in [1.29, 1.82) is 0 Å². The van der Waals surface area contributed by atoms with Crippen LogP contribution in [0.1, 0.15) is 37.4 Å². The summed E-state index contributed by atoms with van der Waals surface area (Å²) in [7, 11) is 0. The SMILES string of the molecule is CC(C)(C)c1ccc(-c2csc(C3CNCCO3)n2)cc1. The third-order valence-electron chi connectivity index (χ3n) is 3.77. The van der Waals surface area contributed by atoms with Crippen LogP contribution in [0, 0.1) is 0 Å². The second-order valence-corrected chi connectivity index (χ2v) is 7.35. The summed E-state index contributed by atoms with van der Waals surface area (Å²) < 4.78 is 5.76. The maximum absolute atomic E-state index is 5.76. The first-order valence-electron chi connectivity index (χ1n) is 7.43. The lowest BCUT2D eigenvalue weighted by molar-refractivity contribution is 0.0276. The molecule has 0 saturated carbocycles. The number of ether oxygens (including phenoxy) is 1. The molecule has 1 aromatic heterocycles. The van der Waals surface area contributed by atoms with E-state index in [4.69, 9.17) is 9.72 Å². The molecule has 0 aliphatic carbocycles. The van der Waals surface area contributed by atoms with E-state index in [-0.39, 0.29) is 11.5 Å². The summed E-state index contributed by atoms with van der Waals surface area (Å²) in [5.41, 5.74) is 3.76. The monoisotopic (exact) mass is 302 g/mol. The van der Waals surface area contributed by atoms with E-state index in [2.05, 4.69) is 55.7 Å². The van der Waals surface area contributed by atoms with Crippen molar-refractivity contribution in [1.82, 2.24) is 10.3 Å². The summed E-state index contributed by atoms with van der Waals surface area (Å²) in [6, 6.07) is 8.73. The molecule has 0 spiro atoms. The minimum Gasteiger partial charge on any atom is -0.368 e. The quantitative estimate of drug-likeness (QED) is 0.917. The zero-order valence-electron chi connectivity index (χ0n) is 12.8. The Morgan fingerprint density at radius 3 is 2.62 bits per heavy atom. The second kappa shape index (κ2) is 5.87. The number of rotatable bonds is 2. The molecule has 1 aliphatic heterocycles. The Labute approximate surface area is 130 Å². The molecule has 4 heteroatoms. The number of thiazole rings is 1. The second-order valence-electron chi connectivity index (χ2n) is 6.46. The first-order chi connectivity index (χ1) is 10.0. The van der Waals surface area contributed by atoms with Crippen LogP contribution in [0.15, 0.2) is 29.6 Å². The van der Waals surface area contributed by atoms with Crippen molar-refractivity contribution in [2.24, 2.45) is 0 Å². The number of hydrogen-bond donors (Lipinski definition) is 1. The zero-order chi connectivity index (χ0) is 14.9. The van der Waals surface area contributed by atoms with Crippen LogP contribution in [0.25, 0.3) is 11.3 Å². The van der Waals surface area contributed by atoms with E-state index < -0.39 is 0 Å². The van der Waals surface area contributed by atoms with Crippen LogP contribution in [-0.4, -0.2) is 24.7 Å². The van der Waals surface area contributed by atoms with Gasteiger partial charge in [-0.25, -0.2) is 4.98 Å². The van der Waals surface area contributed by atoms with E-state index in [0.29, 0.717) is 0 Å². The molecular formula is C17H22N2OS. The Morgan fingerprint density at radius 2 is 2.00 bits per heavy atom. The first kappa shape index (κ1) is 14.7. The Balaban J connectivity index is 1.79. The number of morpholine rings is 1.